The zero-order chi connectivity index (χ0) is 11.0. The predicted molar refractivity (Wildman–Crippen MR) is 59.1 cm³/mol. The molecule has 0 N–H and O–H groups in total. The van der Waals surface area contributed by atoms with Crippen LogP contribution in [-0.2, 0) is 7.05 Å². The van der Waals surface area contributed by atoms with Gasteiger partial charge in [-0.2, -0.15) is 4.74 Å². The van der Waals surface area contributed by atoms with Gasteiger partial charge in [-0.15, -0.1) is 0 Å². The maximum absolute atomic E-state index is 11.4. The Kier molecular flexibility index (Phi) is 2.50. The molecule has 0 atom stereocenters. The summed E-state index contributed by atoms with van der Waals surface area (Å²) in [6.07, 6.45) is 0. The Morgan fingerprint density at radius 1 is 1.33 bits per heavy atom. The molecule has 1 aromatic heterocycles. The van der Waals surface area contributed by atoms with Gasteiger partial charge in [0.05, 0.1) is 5.69 Å². The van der Waals surface area contributed by atoms with Gasteiger partial charge in [0.1, 0.15) is 0 Å². The van der Waals surface area contributed by atoms with Crippen LogP contribution in [0.15, 0.2) is 33.6 Å². The number of benzene rings is 1. The van der Waals surface area contributed by atoms with Crippen LogP contribution in [0.4, 0.5) is 0 Å². The van der Waals surface area contributed by atoms with Crippen molar-refractivity contribution in [3.63, 3.8) is 0 Å². The van der Waals surface area contributed by atoms with Crippen LogP contribution in [0, 0.1) is 4.77 Å². The average Bonchev–Trinajstić information content (AvgIpc) is 2.44. The summed E-state index contributed by atoms with van der Waals surface area (Å²) in [4.78, 5) is 11.4. The molecular weight excluding hydrogens is 236 g/mol. The van der Waals surface area contributed by atoms with Crippen molar-refractivity contribution in [2.24, 2.45) is 7.05 Å². The number of halogens is 1. The van der Waals surface area contributed by atoms with Crippen LogP contribution in [0.1, 0.15) is 0 Å². The molecule has 0 amide bonds. The number of aryl methyl sites for hydroxylation is 1. The van der Waals surface area contributed by atoms with E-state index in [1.165, 1.54) is 9.31 Å². The monoisotopic (exact) mass is 242 g/mol. The third-order valence-electron chi connectivity index (χ3n) is 1.94. The molecule has 15 heavy (non-hydrogen) atoms. The van der Waals surface area contributed by atoms with Crippen LogP contribution in [-0.4, -0.2) is 9.31 Å². The predicted octanol–water partition coefficient (Wildman–Crippen LogP) is 2.15. The van der Waals surface area contributed by atoms with E-state index >= 15 is 0 Å². The second kappa shape index (κ2) is 3.67. The SMILES string of the molecule is Cn1oc(=O)n(-c2ccc(Cl)cc2)c1=S. The van der Waals surface area contributed by atoms with Gasteiger partial charge in [0.15, 0.2) is 0 Å². The van der Waals surface area contributed by atoms with Crippen LogP contribution in [0.5, 0.6) is 0 Å². The molecule has 0 fully saturated rings. The van der Waals surface area contributed by atoms with Crippen molar-refractivity contribution in [1.29, 1.82) is 0 Å². The van der Waals surface area contributed by atoms with E-state index in [0.29, 0.717) is 15.5 Å². The molecule has 0 aliphatic carbocycles. The summed E-state index contributed by atoms with van der Waals surface area (Å²) < 4.78 is 7.66. The van der Waals surface area contributed by atoms with E-state index < -0.39 is 5.76 Å². The fourth-order valence-corrected chi connectivity index (χ4v) is 1.57. The Labute approximate surface area is 95.3 Å². The average molecular weight is 243 g/mol. The van der Waals surface area contributed by atoms with Crippen molar-refractivity contribution in [2.45, 2.75) is 0 Å². The smallest absolute Gasteiger partial charge is 0.319 e. The van der Waals surface area contributed by atoms with Gasteiger partial charge in [-0.05, 0) is 36.5 Å². The van der Waals surface area contributed by atoms with Gasteiger partial charge >= 0.3 is 5.76 Å². The standard InChI is InChI=1S/C9H7ClN2O2S/c1-11-8(15)12(9(13)14-11)7-4-2-6(10)3-5-7/h2-5H,1H3. The van der Waals surface area contributed by atoms with Crippen molar-refractivity contribution in [3.8, 4) is 5.69 Å². The third-order valence-corrected chi connectivity index (χ3v) is 2.63. The second-order valence-electron chi connectivity index (χ2n) is 2.95. The first kappa shape index (κ1) is 10.2. The van der Waals surface area contributed by atoms with E-state index in [-0.39, 0.29) is 0 Å². The van der Waals surface area contributed by atoms with Gasteiger partial charge in [-0.3, -0.25) is 0 Å². The van der Waals surface area contributed by atoms with E-state index in [1.54, 1.807) is 31.3 Å². The van der Waals surface area contributed by atoms with Gasteiger partial charge in [-0.1, -0.05) is 11.6 Å². The van der Waals surface area contributed by atoms with Gasteiger partial charge < -0.3 is 4.52 Å². The molecule has 0 aliphatic rings. The van der Waals surface area contributed by atoms with Crippen molar-refractivity contribution in [1.82, 2.24) is 9.31 Å². The molecule has 0 aliphatic heterocycles. The van der Waals surface area contributed by atoms with Crippen LogP contribution in [0.2, 0.25) is 5.02 Å². The van der Waals surface area contributed by atoms with Crippen LogP contribution < -0.4 is 5.76 Å². The van der Waals surface area contributed by atoms with E-state index in [2.05, 4.69) is 0 Å². The zero-order valence-electron chi connectivity index (χ0n) is 7.81. The third kappa shape index (κ3) is 1.75. The molecule has 1 heterocycles. The second-order valence-corrected chi connectivity index (χ2v) is 3.75. The van der Waals surface area contributed by atoms with Gasteiger partial charge in [0.2, 0.25) is 4.77 Å². The summed E-state index contributed by atoms with van der Waals surface area (Å²) in [5, 5.41) is 0.602. The Morgan fingerprint density at radius 2 is 1.93 bits per heavy atom. The number of rotatable bonds is 1. The molecule has 1 aromatic carbocycles. The minimum atomic E-state index is -0.509. The summed E-state index contributed by atoms with van der Waals surface area (Å²) in [7, 11) is 1.58. The summed E-state index contributed by atoms with van der Waals surface area (Å²) in [5.41, 5.74) is 0.638. The molecule has 6 heteroatoms. The summed E-state index contributed by atoms with van der Waals surface area (Å²) in [6.45, 7) is 0. The highest BCUT2D eigenvalue weighted by atomic mass is 35.5. The Morgan fingerprint density at radius 3 is 2.40 bits per heavy atom. The Bertz CT molecular complexity index is 594. The van der Waals surface area contributed by atoms with E-state index in [4.69, 9.17) is 28.3 Å². The molecule has 0 spiro atoms. The van der Waals surface area contributed by atoms with Crippen LogP contribution in [0.3, 0.4) is 0 Å². The summed E-state index contributed by atoms with van der Waals surface area (Å²) in [6, 6.07) is 6.78. The maximum atomic E-state index is 11.4. The maximum Gasteiger partial charge on any atom is 0.445 e. The van der Waals surface area contributed by atoms with Gasteiger partial charge in [0.25, 0.3) is 0 Å². The normalized spacial score (nSPS) is 10.5. The van der Waals surface area contributed by atoms with Gasteiger partial charge in [0, 0.05) is 12.1 Å². The molecule has 4 nitrogen and oxygen atoms in total. The van der Waals surface area contributed by atoms with E-state index in [1.807, 2.05) is 0 Å². The molecular formula is C9H7ClN2O2S. The highest BCUT2D eigenvalue weighted by Gasteiger charge is 2.07. The van der Waals surface area contributed by atoms with Crippen molar-refractivity contribution in [3.05, 3.63) is 44.6 Å². The van der Waals surface area contributed by atoms with Gasteiger partial charge in [-0.25, -0.2) is 9.36 Å². The summed E-state index contributed by atoms with van der Waals surface area (Å²) in [5.74, 6) is -0.509. The first-order valence-corrected chi connectivity index (χ1v) is 4.93. The van der Waals surface area contributed by atoms with Crippen LogP contribution >= 0.6 is 23.8 Å². The lowest BCUT2D eigenvalue weighted by atomic mass is 10.3. The largest absolute Gasteiger partial charge is 0.445 e. The number of hydrogen-bond donors (Lipinski definition) is 0. The first-order chi connectivity index (χ1) is 7.09. The topological polar surface area (TPSA) is 40.1 Å². The fourth-order valence-electron chi connectivity index (χ4n) is 1.22. The number of aromatic nitrogens is 2. The lowest BCUT2D eigenvalue weighted by Gasteiger charge is -1.98. The fraction of sp³-hybridized carbons (Fsp3) is 0.111. The van der Waals surface area contributed by atoms with Crippen molar-refractivity contribution >= 4 is 23.8 Å². The van der Waals surface area contributed by atoms with Crippen molar-refractivity contribution in [2.75, 3.05) is 0 Å². The first-order valence-electron chi connectivity index (χ1n) is 4.15. The van der Waals surface area contributed by atoms with E-state index in [0.717, 1.165) is 0 Å². The molecule has 2 aromatic rings. The lowest BCUT2D eigenvalue weighted by Crippen LogP contribution is -2.11. The van der Waals surface area contributed by atoms with Crippen molar-refractivity contribution < 1.29 is 4.52 Å². The Balaban J connectivity index is 2.69. The molecule has 0 bridgehead atoms. The number of nitrogens with zero attached hydrogens (tertiary/aromatic N) is 2. The molecule has 0 saturated carbocycles. The lowest BCUT2D eigenvalue weighted by molar-refractivity contribution is 0.279. The molecule has 0 unspecified atom stereocenters. The highest BCUT2D eigenvalue weighted by molar-refractivity contribution is 7.71. The zero-order valence-corrected chi connectivity index (χ0v) is 9.38. The van der Waals surface area contributed by atoms with Crippen LogP contribution in [0.25, 0.3) is 5.69 Å². The molecule has 2 rings (SSSR count). The quantitative estimate of drug-likeness (QED) is 0.720. The number of hydrogen-bond acceptors (Lipinski definition) is 3. The molecule has 0 saturated heterocycles. The molecule has 0 radical (unpaired) electrons. The Hall–Kier alpha value is -1.33. The minimum Gasteiger partial charge on any atom is -0.319 e. The molecule has 78 valence electrons. The summed E-state index contributed by atoms with van der Waals surface area (Å²) >= 11 is 10.8. The highest BCUT2D eigenvalue weighted by Crippen LogP contribution is 2.12. The minimum absolute atomic E-state index is 0.308. The van der Waals surface area contributed by atoms with E-state index in [9.17, 15) is 4.79 Å².